The molecule has 0 atom stereocenters. The molecular weight excluding hydrogens is 442 g/mol. The lowest BCUT2D eigenvalue weighted by atomic mass is 10.1. The van der Waals surface area contributed by atoms with Crippen molar-refractivity contribution in [1.29, 1.82) is 0 Å². The Morgan fingerprint density at radius 2 is 1.88 bits per heavy atom. The zero-order valence-electron chi connectivity index (χ0n) is 18.3. The first-order valence-corrected chi connectivity index (χ1v) is 11.9. The Morgan fingerprint density at radius 3 is 2.66 bits per heavy atom. The number of aromatic nitrogens is 2. The highest BCUT2D eigenvalue weighted by Crippen LogP contribution is 2.28. The van der Waals surface area contributed by atoms with Gasteiger partial charge < -0.3 is 10.1 Å². The molecule has 0 unspecified atom stereocenters. The molecule has 4 aromatic rings. The number of methoxy groups -OCH3 is 1. The number of fused-ring (bicyclic) bond motifs is 1. The summed E-state index contributed by atoms with van der Waals surface area (Å²) in [6, 6.07) is 13.4. The van der Waals surface area contributed by atoms with Gasteiger partial charge in [0.1, 0.15) is 10.4 Å². The molecule has 164 valence electrons. The van der Waals surface area contributed by atoms with Crippen molar-refractivity contribution in [2.24, 2.45) is 0 Å². The van der Waals surface area contributed by atoms with Gasteiger partial charge in [-0.25, -0.2) is 4.98 Å². The van der Waals surface area contributed by atoms with Gasteiger partial charge in [-0.05, 0) is 67.1 Å². The minimum atomic E-state index is -0.203. The van der Waals surface area contributed by atoms with E-state index in [-0.39, 0.29) is 17.2 Å². The number of amides is 1. The number of carbonyl (C=O) groups is 1. The number of ether oxygens (including phenoxy) is 1. The minimum Gasteiger partial charge on any atom is -0.495 e. The van der Waals surface area contributed by atoms with Crippen LogP contribution < -0.4 is 15.6 Å². The molecule has 0 spiro atoms. The highest BCUT2D eigenvalue weighted by Gasteiger charge is 2.17. The fourth-order valence-corrected chi connectivity index (χ4v) is 4.96. The molecule has 0 fully saturated rings. The van der Waals surface area contributed by atoms with Crippen LogP contribution in [-0.4, -0.2) is 28.3 Å². The van der Waals surface area contributed by atoms with Gasteiger partial charge in [0.15, 0.2) is 5.16 Å². The van der Waals surface area contributed by atoms with Crippen LogP contribution in [0.1, 0.15) is 16.7 Å². The lowest BCUT2D eigenvalue weighted by molar-refractivity contribution is -0.113. The molecule has 2 aromatic carbocycles. The fraction of sp³-hybridized carbons (Fsp3) is 0.208. The summed E-state index contributed by atoms with van der Waals surface area (Å²) in [5.74, 6) is 0.495. The van der Waals surface area contributed by atoms with Gasteiger partial charge >= 0.3 is 0 Å². The molecule has 1 amide bonds. The summed E-state index contributed by atoms with van der Waals surface area (Å²) in [5, 5.41) is 5.25. The number of hydrogen-bond acceptors (Lipinski definition) is 6. The summed E-state index contributed by atoms with van der Waals surface area (Å²) in [5.41, 5.74) is 4.94. The molecule has 32 heavy (non-hydrogen) atoms. The van der Waals surface area contributed by atoms with Crippen LogP contribution in [0.2, 0.25) is 0 Å². The van der Waals surface area contributed by atoms with Crippen molar-refractivity contribution in [3.63, 3.8) is 0 Å². The maximum Gasteiger partial charge on any atom is 0.276 e. The van der Waals surface area contributed by atoms with Crippen LogP contribution in [0.25, 0.3) is 15.9 Å². The molecule has 0 radical (unpaired) electrons. The Bertz CT molecular complexity index is 1370. The maximum absolute atomic E-state index is 13.3. The van der Waals surface area contributed by atoms with Crippen LogP contribution >= 0.6 is 23.1 Å². The van der Waals surface area contributed by atoms with Gasteiger partial charge in [0, 0.05) is 0 Å². The van der Waals surface area contributed by atoms with Crippen LogP contribution in [-0.2, 0) is 4.79 Å². The van der Waals surface area contributed by atoms with Crippen LogP contribution in [0.3, 0.4) is 0 Å². The molecule has 0 aliphatic heterocycles. The van der Waals surface area contributed by atoms with Gasteiger partial charge in [0.05, 0.1) is 29.8 Å². The number of thioether (sulfide) groups is 1. The maximum atomic E-state index is 13.3. The molecule has 0 aliphatic rings. The molecule has 0 bridgehead atoms. The average molecular weight is 466 g/mol. The summed E-state index contributed by atoms with van der Waals surface area (Å²) in [4.78, 5) is 30.8. The zero-order valence-corrected chi connectivity index (χ0v) is 19.9. The number of carbonyl (C=O) groups excluding carboxylic acids is 1. The van der Waals surface area contributed by atoms with Crippen LogP contribution in [0.15, 0.2) is 57.8 Å². The number of rotatable bonds is 6. The first kappa shape index (κ1) is 22.1. The van der Waals surface area contributed by atoms with Crippen molar-refractivity contribution >= 4 is 44.9 Å². The van der Waals surface area contributed by atoms with Crippen molar-refractivity contribution < 1.29 is 9.53 Å². The summed E-state index contributed by atoms with van der Waals surface area (Å²) in [7, 11) is 1.57. The highest BCUT2D eigenvalue weighted by atomic mass is 32.2. The predicted octanol–water partition coefficient (Wildman–Crippen LogP) is 5.11. The SMILES string of the molecule is COc1ccc(C)cc1NC(=O)CSc1nc2ccsc2c(=O)n1-c1cc(C)ccc1C. The molecule has 0 saturated carbocycles. The number of benzene rings is 2. The third kappa shape index (κ3) is 4.42. The van der Waals surface area contributed by atoms with Crippen molar-refractivity contribution in [3.8, 4) is 11.4 Å². The Labute approximate surface area is 194 Å². The number of hydrogen-bond donors (Lipinski definition) is 1. The van der Waals surface area contributed by atoms with E-state index in [2.05, 4.69) is 5.32 Å². The summed E-state index contributed by atoms with van der Waals surface area (Å²) >= 11 is 2.61. The Hall–Kier alpha value is -3.10. The Kier molecular flexibility index (Phi) is 6.34. The molecule has 2 aromatic heterocycles. The number of aryl methyl sites for hydroxylation is 3. The normalized spacial score (nSPS) is 11.0. The van der Waals surface area contributed by atoms with E-state index in [0.717, 1.165) is 22.4 Å². The first-order valence-electron chi connectivity index (χ1n) is 10.0. The van der Waals surface area contributed by atoms with E-state index in [4.69, 9.17) is 9.72 Å². The minimum absolute atomic E-state index is 0.101. The van der Waals surface area contributed by atoms with Gasteiger partial charge in [-0.2, -0.15) is 0 Å². The topological polar surface area (TPSA) is 73.2 Å². The van der Waals surface area contributed by atoms with E-state index in [1.165, 1.54) is 23.1 Å². The van der Waals surface area contributed by atoms with Gasteiger partial charge in [-0.1, -0.05) is 30.0 Å². The predicted molar refractivity (Wildman–Crippen MR) is 132 cm³/mol. The second kappa shape index (κ2) is 9.18. The Balaban J connectivity index is 1.67. The standard InChI is InChI=1S/C24H23N3O3S2/c1-14-6-8-20(30-4)18(11-14)25-21(28)13-32-24-26-17-9-10-31-22(17)23(29)27(24)19-12-15(2)5-7-16(19)3/h5-12H,13H2,1-4H3,(H,25,28). The summed E-state index contributed by atoms with van der Waals surface area (Å²) < 4.78 is 7.56. The molecule has 1 N–H and O–H groups in total. The summed E-state index contributed by atoms with van der Waals surface area (Å²) in [6.07, 6.45) is 0. The Morgan fingerprint density at radius 1 is 1.12 bits per heavy atom. The molecule has 8 heteroatoms. The fourth-order valence-electron chi connectivity index (χ4n) is 3.40. The smallest absolute Gasteiger partial charge is 0.276 e. The number of anilines is 1. The lowest BCUT2D eigenvalue weighted by Gasteiger charge is -2.15. The monoisotopic (exact) mass is 465 g/mol. The van der Waals surface area contributed by atoms with Crippen molar-refractivity contribution in [3.05, 3.63) is 74.9 Å². The van der Waals surface area contributed by atoms with Gasteiger partial charge in [0.25, 0.3) is 5.56 Å². The third-order valence-electron chi connectivity index (χ3n) is 5.02. The van der Waals surface area contributed by atoms with E-state index < -0.39 is 0 Å². The molecule has 2 heterocycles. The van der Waals surface area contributed by atoms with E-state index in [9.17, 15) is 9.59 Å². The van der Waals surface area contributed by atoms with E-state index in [1.54, 1.807) is 11.7 Å². The number of nitrogens with one attached hydrogen (secondary N) is 1. The number of thiophene rings is 1. The van der Waals surface area contributed by atoms with Gasteiger partial charge in [-0.15, -0.1) is 11.3 Å². The zero-order chi connectivity index (χ0) is 22.8. The van der Waals surface area contributed by atoms with E-state index in [0.29, 0.717) is 26.8 Å². The van der Waals surface area contributed by atoms with Crippen LogP contribution in [0.5, 0.6) is 5.75 Å². The van der Waals surface area contributed by atoms with Gasteiger partial charge in [-0.3, -0.25) is 14.2 Å². The second-order valence-corrected chi connectivity index (χ2v) is 9.36. The molecule has 0 saturated heterocycles. The largest absolute Gasteiger partial charge is 0.495 e. The van der Waals surface area contributed by atoms with Gasteiger partial charge in [0.2, 0.25) is 5.91 Å². The average Bonchev–Trinajstić information content (AvgIpc) is 3.23. The first-order chi connectivity index (χ1) is 15.4. The van der Waals surface area contributed by atoms with Crippen molar-refractivity contribution in [2.75, 3.05) is 18.2 Å². The van der Waals surface area contributed by atoms with Crippen molar-refractivity contribution in [2.45, 2.75) is 25.9 Å². The molecule has 4 rings (SSSR count). The van der Waals surface area contributed by atoms with Crippen LogP contribution in [0.4, 0.5) is 5.69 Å². The highest BCUT2D eigenvalue weighted by molar-refractivity contribution is 7.99. The molecule has 0 aliphatic carbocycles. The lowest BCUT2D eigenvalue weighted by Crippen LogP contribution is -2.23. The van der Waals surface area contributed by atoms with Crippen LogP contribution in [0, 0.1) is 20.8 Å². The molecule has 6 nitrogen and oxygen atoms in total. The summed E-state index contributed by atoms with van der Waals surface area (Å²) in [6.45, 7) is 5.90. The quantitative estimate of drug-likeness (QED) is 0.316. The second-order valence-electron chi connectivity index (χ2n) is 7.50. The van der Waals surface area contributed by atoms with E-state index in [1.807, 2.05) is 68.6 Å². The van der Waals surface area contributed by atoms with Crippen molar-refractivity contribution in [1.82, 2.24) is 9.55 Å². The van der Waals surface area contributed by atoms with E-state index >= 15 is 0 Å². The third-order valence-corrected chi connectivity index (χ3v) is 6.85. The molecular formula is C24H23N3O3S2. The number of nitrogens with zero attached hydrogens (tertiary/aromatic N) is 2.